The van der Waals surface area contributed by atoms with E-state index < -0.39 is 11.6 Å². The van der Waals surface area contributed by atoms with E-state index in [1.165, 1.54) is 16.9 Å². The van der Waals surface area contributed by atoms with Gasteiger partial charge in [0.2, 0.25) is 5.88 Å². The molecule has 0 amide bonds. The van der Waals surface area contributed by atoms with Gasteiger partial charge in [0.1, 0.15) is 29.3 Å². The van der Waals surface area contributed by atoms with Gasteiger partial charge >= 0.3 is 0 Å². The zero-order valence-electron chi connectivity index (χ0n) is 15.2. The minimum Gasteiger partial charge on any atom is -0.472 e. The number of halogens is 2. The van der Waals surface area contributed by atoms with Gasteiger partial charge in [0.25, 0.3) is 0 Å². The molecular formula is C21H15F2N5O. The largest absolute Gasteiger partial charge is 0.472 e. The first kappa shape index (κ1) is 18.5. The number of hydrogen-bond donors (Lipinski definition) is 0. The van der Waals surface area contributed by atoms with Crippen LogP contribution in [0.4, 0.5) is 8.78 Å². The first-order chi connectivity index (χ1) is 14.2. The molecule has 0 unspecified atom stereocenters. The average Bonchev–Trinajstić information content (AvgIpc) is 3.15. The Morgan fingerprint density at radius 2 is 1.90 bits per heavy atom. The number of ether oxygens (including phenoxy) is 1. The van der Waals surface area contributed by atoms with Crippen LogP contribution in [0.2, 0.25) is 0 Å². The molecule has 0 bridgehead atoms. The highest BCUT2D eigenvalue weighted by Crippen LogP contribution is 2.26. The van der Waals surface area contributed by atoms with E-state index in [1.807, 2.05) is 30.3 Å². The van der Waals surface area contributed by atoms with Crippen LogP contribution in [-0.2, 0) is 13.0 Å². The predicted octanol–water partition coefficient (Wildman–Crippen LogP) is 4.13. The molecule has 29 heavy (non-hydrogen) atoms. The standard InChI is InChI=1S/C21H15F2N5O/c22-15-8-9-18(17(23)11-15)28-20-16(12-25-28)21(27-19(26-20)7-4-10-24)29-13-14-5-2-1-3-6-14/h1-3,5-6,8-9,11-12H,4,7,13H2. The first-order valence-electron chi connectivity index (χ1n) is 8.89. The van der Waals surface area contributed by atoms with Crippen LogP contribution >= 0.6 is 0 Å². The number of aromatic nitrogens is 4. The van der Waals surface area contributed by atoms with Crippen molar-refractivity contribution in [3.63, 3.8) is 0 Å². The summed E-state index contributed by atoms with van der Waals surface area (Å²) in [4.78, 5) is 8.83. The van der Waals surface area contributed by atoms with Gasteiger partial charge in [-0.1, -0.05) is 30.3 Å². The molecule has 0 aliphatic heterocycles. The van der Waals surface area contributed by atoms with Crippen LogP contribution in [0, 0.1) is 23.0 Å². The minimum atomic E-state index is -0.765. The van der Waals surface area contributed by atoms with Gasteiger partial charge in [-0.05, 0) is 17.7 Å². The third kappa shape index (κ3) is 3.89. The minimum absolute atomic E-state index is 0.0559. The van der Waals surface area contributed by atoms with Gasteiger partial charge < -0.3 is 4.74 Å². The number of hydrogen-bond acceptors (Lipinski definition) is 5. The highest BCUT2D eigenvalue weighted by molar-refractivity contribution is 5.81. The average molecular weight is 391 g/mol. The number of nitriles is 1. The van der Waals surface area contributed by atoms with Gasteiger partial charge in [-0.15, -0.1) is 0 Å². The molecule has 8 heteroatoms. The summed E-state index contributed by atoms with van der Waals surface area (Å²) in [6.07, 6.45) is 2.01. The fourth-order valence-electron chi connectivity index (χ4n) is 2.87. The normalized spacial score (nSPS) is 10.8. The van der Waals surface area contributed by atoms with E-state index in [0.717, 1.165) is 17.7 Å². The van der Waals surface area contributed by atoms with Crippen LogP contribution in [0.1, 0.15) is 17.8 Å². The molecule has 0 aliphatic rings. The SMILES string of the molecule is N#CCCc1nc(OCc2ccccc2)c2cnn(-c3ccc(F)cc3F)c2n1. The molecule has 0 N–H and O–H groups in total. The zero-order valence-corrected chi connectivity index (χ0v) is 15.2. The zero-order chi connectivity index (χ0) is 20.2. The lowest BCUT2D eigenvalue weighted by molar-refractivity contribution is 0.296. The lowest BCUT2D eigenvalue weighted by atomic mass is 10.2. The van der Waals surface area contributed by atoms with E-state index in [4.69, 9.17) is 10.00 Å². The summed E-state index contributed by atoms with van der Waals surface area (Å²) >= 11 is 0. The smallest absolute Gasteiger partial charge is 0.228 e. The van der Waals surface area contributed by atoms with Crippen molar-refractivity contribution in [3.8, 4) is 17.6 Å². The van der Waals surface area contributed by atoms with Crippen LogP contribution in [0.5, 0.6) is 5.88 Å². The number of fused-ring (bicyclic) bond motifs is 1. The molecule has 2 aromatic carbocycles. The fraction of sp³-hybridized carbons (Fsp3) is 0.143. The van der Waals surface area contributed by atoms with Gasteiger partial charge in [-0.25, -0.2) is 18.4 Å². The van der Waals surface area contributed by atoms with Crippen LogP contribution in [0.3, 0.4) is 0 Å². The summed E-state index contributed by atoms with van der Waals surface area (Å²) < 4.78 is 34.7. The van der Waals surface area contributed by atoms with Gasteiger partial charge in [-0.3, -0.25) is 0 Å². The van der Waals surface area contributed by atoms with Crippen molar-refractivity contribution in [2.75, 3.05) is 0 Å². The molecule has 0 saturated heterocycles. The third-order valence-electron chi connectivity index (χ3n) is 4.26. The molecule has 4 rings (SSSR count). The molecule has 2 aromatic heterocycles. The lowest BCUT2D eigenvalue weighted by Gasteiger charge is -2.09. The summed E-state index contributed by atoms with van der Waals surface area (Å²) in [6, 6.07) is 14.8. The second-order valence-corrected chi connectivity index (χ2v) is 6.27. The van der Waals surface area contributed by atoms with Crippen LogP contribution < -0.4 is 4.74 Å². The Kier molecular flexibility index (Phi) is 5.12. The van der Waals surface area contributed by atoms with Crippen molar-refractivity contribution >= 4 is 11.0 Å². The Balaban J connectivity index is 1.78. The maximum atomic E-state index is 14.3. The van der Waals surface area contributed by atoms with Crippen LogP contribution in [-0.4, -0.2) is 19.7 Å². The summed E-state index contributed by atoms with van der Waals surface area (Å²) in [5.41, 5.74) is 1.33. The van der Waals surface area contributed by atoms with Crippen LogP contribution in [0.15, 0.2) is 54.7 Å². The Labute approximate surface area is 165 Å². The van der Waals surface area contributed by atoms with Gasteiger partial charge in [0, 0.05) is 18.9 Å². The highest BCUT2D eigenvalue weighted by atomic mass is 19.1. The maximum Gasteiger partial charge on any atom is 0.228 e. The van der Waals surface area contributed by atoms with Crippen molar-refractivity contribution in [1.29, 1.82) is 5.26 Å². The Morgan fingerprint density at radius 3 is 2.66 bits per heavy atom. The maximum absolute atomic E-state index is 14.3. The first-order valence-corrected chi connectivity index (χ1v) is 8.89. The molecule has 0 atom stereocenters. The topological polar surface area (TPSA) is 76.6 Å². The number of rotatable bonds is 6. The molecule has 0 spiro atoms. The van der Waals surface area contributed by atoms with Crippen molar-refractivity contribution in [3.05, 3.63) is 77.8 Å². The van der Waals surface area contributed by atoms with E-state index in [0.29, 0.717) is 29.2 Å². The number of benzene rings is 2. The van der Waals surface area contributed by atoms with E-state index in [-0.39, 0.29) is 18.7 Å². The van der Waals surface area contributed by atoms with E-state index in [1.54, 1.807) is 0 Å². The Hall–Kier alpha value is -3.86. The molecular weight excluding hydrogens is 376 g/mol. The van der Waals surface area contributed by atoms with Crippen molar-refractivity contribution in [2.24, 2.45) is 0 Å². The fourth-order valence-corrected chi connectivity index (χ4v) is 2.87. The molecule has 0 radical (unpaired) electrons. The Morgan fingerprint density at radius 1 is 1.07 bits per heavy atom. The number of nitrogens with zero attached hydrogens (tertiary/aromatic N) is 5. The second kappa shape index (κ2) is 8.02. The Bertz CT molecular complexity index is 1200. The van der Waals surface area contributed by atoms with Crippen LogP contribution in [0.25, 0.3) is 16.7 Å². The number of aryl methyl sites for hydroxylation is 1. The predicted molar refractivity (Wildman–Crippen MR) is 101 cm³/mol. The molecule has 144 valence electrons. The van der Waals surface area contributed by atoms with Gasteiger partial charge in [0.05, 0.1) is 12.3 Å². The quantitative estimate of drug-likeness (QED) is 0.494. The van der Waals surface area contributed by atoms with E-state index >= 15 is 0 Å². The molecule has 2 heterocycles. The molecule has 4 aromatic rings. The van der Waals surface area contributed by atoms with Gasteiger partial charge in [0.15, 0.2) is 11.5 Å². The summed E-state index contributed by atoms with van der Waals surface area (Å²) in [6.45, 7) is 0.279. The van der Waals surface area contributed by atoms with Crippen molar-refractivity contribution in [1.82, 2.24) is 19.7 Å². The monoisotopic (exact) mass is 391 g/mol. The highest BCUT2D eigenvalue weighted by Gasteiger charge is 2.17. The third-order valence-corrected chi connectivity index (χ3v) is 4.26. The summed E-state index contributed by atoms with van der Waals surface area (Å²) in [7, 11) is 0. The van der Waals surface area contributed by atoms with E-state index in [2.05, 4.69) is 21.1 Å². The molecule has 0 aliphatic carbocycles. The summed E-state index contributed by atoms with van der Waals surface area (Å²) in [5, 5.41) is 13.6. The summed E-state index contributed by atoms with van der Waals surface area (Å²) in [5.74, 6) is -0.773. The van der Waals surface area contributed by atoms with Crippen molar-refractivity contribution < 1.29 is 13.5 Å². The molecule has 0 saturated carbocycles. The second-order valence-electron chi connectivity index (χ2n) is 6.27. The van der Waals surface area contributed by atoms with Gasteiger partial charge in [-0.2, -0.15) is 15.3 Å². The van der Waals surface area contributed by atoms with Crippen molar-refractivity contribution in [2.45, 2.75) is 19.4 Å². The lowest BCUT2D eigenvalue weighted by Crippen LogP contribution is -2.06. The molecule has 0 fully saturated rings. The van der Waals surface area contributed by atoms with E-state index in [9.17, 15) is 8.78 Å². The molecule has 6 nitrogen and oxygen atoms in total.